The first-order chi connectivity index (χ1) is 12.3. The molecular weight excluding hydrogens is 346 g/mol. The first-order valence-electron chi connectivity index (χ1n) is 9.55. The van der Waals surface area contributed by atoms with Crippen molar-refractivity contribution in [3.05, 3.63) is 28.8 Å². The highest BCUT2D eigenvalue weighted by Gasteiger charge is 2.31. The van der Waals surface area contributed by atoms with Gasteiger partial charge in [-0.2, -0.15) is 5.26 Å². The molecule has 4 nitrogen and oxygen atoms in total. The van der Waals surface area contributed by atoms with E-state index < -0.39 is 0 Å². The lowest BCUT2D eigenvalue weighted by molar-refractivity contribution is -0.130. The molecule has 1 aliphatic rings. The summed E-state index contributed by atoms with van der Waals surface area (Å²) in [6.07, 6.45) is 2.66. The molecule has 1 heterocycles. The molecule has 0 aliphatic carbocycles. The van der Waals surface area contributed by atoms with E-state index in [0.717, 1.165) is 38.2 Å². The minimum atomic E-state index is 0.254. The molecular formula is C21H30ClN3O. The van der Waals surface area contributed by atoms with Gasteiger partial charge in [-0.15, -0.1) is 0 Å². The van der Waals surface area contributed by atoms with E-state index >= 15 is 0 Å². The fraction of sp³-hybridized carbons (Fsp3) is 0.619. The molecule has 1 aliphatic heterocycles. The quantitative estimate of drug-likeness (QED) is 0.693. The van der Waals surface area contributed by atoms with Gasteiger partial charge in [0.1, 0.15) is 6.07 Å². The number of rotatable bonds is 7. The second-order valence-corrected chi connectivity index (χ2v) is 8.44. The third-order valence-corrected chi connectivity index (χ3v) is 5.20. The van der Waals surface area contributed by atoms with Gasteiger partial charge in [0.2, 0.25) is 5.91 Å². The standard InChI is InChI=1S/C21H30ClN3O/c1-15(2)7-10-25(18-6-5-17(13-23)20(22)12-18)19-8-9-24(14-19)21(26)11-16(3)4/h5-6,12,15-16,19H,7-11,14H2,1-4H3. The molecule has 1 fully saturated rings. The summed E-state index contributed by atoms with van der Waals surface area (Å²) in [5, 5.41) is 9.60. The number of anilines is 1. The van der Waals surface area contributed by atoms with E-state index in [-0.39, 0.29) is 5.91 Å². The van der Waals surface area contributed by atoms with Gasteiger partial charge < -0.3 is 9.80 Å². The number of benzene rings is 1. The minimum Gasteiger partial charge on any atom is -0.367 e. The van der Waals surface area contributed by atoms with Crippen LogP contribution in [0.2, 0.25) is 5.02 Å². The van der Waals surface area contributed by atoms with Crippen LogP contribution in [0.4, 0.5) is 5.69 Å². The van der Waals surface area contributed by atoms with Gasteiger partial charge in [0.05, 0.1) is 10.6 Å². The molecule has 1 amide bonds. The van der Waals surface area contributed by atoms with Crippen LogP contribution in [0.15, 0.2) is 18.2 Å². The fourth-order valence-electron chi connectivity index (χ4n) is 3.39. The van der Waals surface area contributed by atoms with Crippen molar-refractivity contribution in [1.29, 1.82) is 5.26 Å². The van der Waals surface area contributed by atoms with Crippen LogP contribution in [0, 0.1) is 23.2 Å². The number of likely N-dealkylation sites (tertiary alicyclic amines) is 1. The molecule has 0 aromatic heterocycles. The molecule has 142 valence electrons. The van der Waals surface area contributed by atoms with E-state index in [1.54, 1.807) is 6.07 Å². The number of carbonyl (C=O) groups excluding carboxylic acids is 1. The Labute approximate surface area is 162 Å². The summed E-state index contributed by atoms with van der Waals surface area (Å²) in [6, 6.07) is 8.07. The zero-order chi connectivity index (χ0) is 19.3. The maximum absolute atomic E-state index is 12.4. The van der Waals surface area contributed by atoms with Crippen molar-refractivity contribution in [3.8, 4) is 6.07 Å². The molecule has 0 saturated carbocycles. The van der Waals surface area contributed by atoms with Gasteiger partial charge in [-0.25, -0.2) is 0 Å². The van der Waals surface area contributed by atoms with Crippen LogP contribution < -0.4 is 4.90 Å². The summed E-state index contributed by atoms with van der Waals surface area (Å²) in [5.41, 5.74) is 1.54. The second kappa shape index (κ2) is 9.28. The Kier molecular flexibility index (Phi) is 7.34. The second-order valence-electron chi connectivity index (χ2n) is 8.03. The molecule has 0 bridgehead atoms. The van der Waals surface area contributed by atoms with Crippen molar-refractivity contribution in [2.75, 3.05) is 24.5 Å². The molecule has 1 aromatic carbocycles. The highest BCUT2D eigenvalue weighted by Crippen LogP contribution is 2.28. The van der Waals surface area contributed by atoms with Crippen LogP contribution in [0.3, 0.4) is 0 Å². The predicted octanol–water partition coefficient (Wildman–Crippen LogP) is 4.71. The van der Waals surface area contributed by atoms with Crippen molar-refractivity contribution in [2.24, 2.45) is 11.8 Å². The summed E-state index contributed by atoms with van der Waals surface area (Å²) in [7, 11) is 0. The number of halogens is 1. The molecule has 26 heavy (non-hydrogen) atoms. The zero-order valence-electron chi connectivity index (χ0n) is 16.3. The smallest absolute Gasteiger partial charge is 0.222 e. The molecule has 1 unspecified atom stereocenters. The van der Waals surface area contributed by atoms with Crippen molar-refractivity contribution in [2.45, 2.75) is 53.0 Å². The van der Waals surface area contributed by atoms with Crippen LogP contribution in [-0.4, -0.2) is 36.5 Å². The maximum atomic E-state index is 12.4. The molecule has 0 radical (unpaired) electrons. The lowest BCUT2D eigenvalue weighted by Crippen LogP contribution is -2.40. The van der Waals surface area contributed by atoms with Crippen molar-refractivity contribution < 1.29 is 4.79 Å². The SMILES string of the molecule is CC(C)CCN(c1ccc(C#N)c(Cl)c1)C1CCN(C(=O)CC(C)C)C1. The maximum Gasteiger partial charge on any atom is 0.222 e. The van der Waals surface area contributed by atoms with Crippen LogP contribution in [-0.2, 0) is 4.79 Å². The van der Waals surface area contributed by atoms with Crippen LogP contribution in [0.1, 0.15) is 52.5 Å². The number of nitrogens with zero attached hydrogens (tertiary/aromatic N) is 3. The van der Waals surface area contributed by atoms with Gasteiger partial charge in [0.15, 0.2) is 0 Å². The molecule has 1 saturated heterocycles. The lowest BCUT2D eigenvalue weighted by Gasteiger charge is -2.32. The van der Waals surface area contributed by atoms with Crippen LogP contribution >= 0.6 is 11.6 Å². The number of carbonyl (C=O) groups is 1. The third-order valence-electron chi connectivity index (χ3n) is 4.89. The van der Waals surface area contributed by atoms with E-state index in [4.69, 9.17) is 16.9 Å². The van der Waals surface area contributed by atoms with Crippen LogP contribution in [0.25, 0.3) is 0 Å². The van der Waals surface area contributed by atoms with Gasteiger partial charge in [-0.3, -0.25) is 4.79 Å². The largest absolute Gasteiger partial charge is 0.367 e. The number of hydrogen-bond acceptors (Lipinski definition) is 3. The van der Waals surface area contributed by atoms with Crippen molar-refractivity contribution in [3.63, 3.8) is 0 Å². The lowest BCUT2D eigenvalue weighted by atomic mass is 10.1. The van der Waals surface area contributed by atoms with E-state index in [2.05, 4.69) is 38.7 Å². The molecule has 0 spiro atoms. The number of hydrogen-bond donors (Lipinski definition) is 0. The Bertz CT molecular complexity index is 666. The average Bonchev–Trinajstić information content (AvgIpc) is 3.04. The Morgan fingerprint density at radius 3 is 2.65 bits per heavy atom. The van der Waals surface area contributed by atoms with Gasteiger partial charge in [0.25, 0.3) is 0 Å². The molecule has 0 N–H and O–H groups in total. The van der Waals surface area contributed by atoms with Crippen LogP contribution in [0.5, 0.6) is 0 Å². The molecule has 1 aromatic rings. The molecule has 5 heteroatoms. The van der Waals surface area contributed by atoms with Gasteiger partial charge in [0, 0.05) is 37.8 Å². The molecule has 1 atom stereocenters. The van der Waals surface area contributed by atoms with Crippen molar-refractivity contribution in [1.82, 2.24) is 4.90 Å². The van der Waals surface area contributed by atoms with Gasteiger partial charge in [-0.05, 0) is 42.9 Å². The summed E-state index contributed by atoms with van der Waals surface area (Å²) >= 11 is 6.27. The van der Waals surface area contributed by atoms with E-state index in [9.17, 15) is 4.79 Å². The van der Waals surface area contributed by atoms with E-state index in [1.807, 2.05) is 17.0 Å². The first kappa shape index (κ1) is 20.6. The van der Waals surface area contributed by atoms with Gasteiger partial charge >= 0.3 is 0 Å². The summed E-state index contributed by atoms with van der Waals surface area (Å²) in [5.74, 6) is 1.24. The third kappa shape index (κ3) is 5.38. The average molecular weight is 376 g/mol. The Hall–Kier alpha value is -1.73. The summed E-state index contributed by atoms with van der Waals surface area (Å²) in [4.78, 5) is 16.8. The van der Waals surface area contributed by atoms with Crippen molar-refractivity contribution >= 4 is 23.2 Å². The first-order valence-corrected chi connectivity index (χ1v) is 9.93. The zero-order valence-corrected chi connectivity index (χ0v) is 17.1. The summed E-state index contributed by atoms with van der Waals surface area (Å²) in [6.45, 7) is 11.1. The summed E-state index contributed by atoms with van der Waals surface area (Å²) < 4.78 is 0. The minimum absolute atomic E-state index is 0.254. The molecule has 2 rings (SSSR count). The highest BCUT2D eigenvalue weighted by molar-refractivity contribution is 6.32. The number of amides is 1. The normalized spacial score (nSPS) is 17.0. The Balaban J connectivity index is 2.16. The Morgan fingerprint density at radius 1 is 1.35 bits per heavy atom. The topological polar surface area (TPSA) is 47.3 Å². The van der Waals surface area contributed by atoms with Gasteiger partial charge in [-0.1, -0.05) is 39.3 Å². The highest BCUT2D eigenvalue weighted by atomic mass is 35.5. The number of nitriles is 1. The predicted molar refractivity (Wildman–Crippen MR) is 107 cm³/mol. The van der Waals surface area contributed by atoms with E-state index in [1.165, 1.54) is 0 Å². The van der Waals surface area contributed by atoms with E-state index in [0.29, 0.717) is 34.9 Å². The fourth-order valence-corrected chi connectivity index (χ4v) is 3.61. The Morgan fingerprint density at radius 2 is 2.08 bits per heavy atom. The monoisotopic (exact) mass is 375 g/mol.